The molecule has 0 unspecified atom stereocenters. The molecule has 6 heteroatoms. The normalized spacial score (nSPS) is 15.4. The van der Waals surface area contributed by atoms with Gasteiger partial charge in [0.25, 0.3) is 5.91 Å². The Morgan fingerprint density at radius 1 is 1.17 bits per heavy atom. The van der Waals surface area contributed by atoms with Crippen LogP contribution < -0.4 is 5.32 Å². The zero-order chi connectivity index (χ0) is 20.1. The predicted molar refractivity (Wildman–Crippen MR) is 113 cm³/mol. The molecule has 2 aromatic carbocycles. The van der Waals surface area contributed by atoms with E-state index in [1.165, 1.54) is 0 Å². The summed E-state index contributed by atoms with van der Waals surface area (Å²) in [6.07, 6.45) is 1.63. The van der Waals surface area contributed by atoms with Crippen molar-refractivity contribution >= 4 is 17.2 Å². The van der Waals surface area contributed by atoms with E-state index in [9.17, 15) is 4.79 Å². The molecule has 0 spiro atoms. The number of aromatic nitrogens is 1. The summed E-state index contributed by atoms with van der Waals surface area (Å²) in [5.41, 5.74) is 2.79. The lowest BCUT2D eigenvalue weighted by atomic mass is 9.80. The van der Waals surface area contributed by atoms with Gasteiger partial charge in [-0.1, -0.05) is 36.4 Å². The molecule has 0 atom stereocenters. The van der Waals surface area contributed by atoms with Crippen LogP contribution in [0.2, 0.25) is 0 Å². The van der Waals surface area contributed by atoms with Gasteiger partial charge in [-0.15, -0.1) is 11.3 Å². The van der Waals surface area contributed by atoms with Crippen molar-refractivity contribution in [2.24, 2.45) is 0 Å². The van der Waals surface area contributed by atoms with Crippen molar-refractivity contribution in [3.05, 3.63) is 76.1 Å². The predicted octanol–water partition coefficient (Wildman–Crippen LogP) is 4.16. The Balaban J connectivity index is 1.55. The van der Waals surface area contributed by atoms with Crippen LogP contribution in [0.3, 0.4) is 0 Å². The molecule has 5 nitrogen and oxygen atoms in total. The van der Waals surface area contributed by atoms with Crippen LogP contribution in [0.1, 0.15) is 33.8 Å². The highest BCUT2D eigenvalue weighted by Crippen LogP contribution is 2.38. The fraction of sp³-hybridized carbons (Fsp3) is 0.261. The smallest absolute Gasteiger partial charge is 0.251 e. The second-order valence-electron chi connectivity index (χ2n) is 7.17. The van der Waals surface area contributed by atoms with E-state index in [-0.39, 0.29) is 11.3 Å². The molecule has 1 fully saturated rings. The van der Waals surface area contributed by atoms with Crippen LogP contribution in [-0.2, 0) is 10.2 Å². The first-order valence-corrected chi connectivity index (χ1v) is 10.5. The summed E-state index contributed by atoms with van der Waals surface area (Å²) in [4.78, 5) is 17.6. The number of hydrogen-bond acceptors (Lipinski definition) is 5. The van der Waals surface area contributed by atoms with Gasteiger partial charge in [0, 0.05) is 41.7 Å². The number of carbonyl (C=O) groups is 1. The van der Waals surface area contributed by atoms with E-state index in [1.807, 2.05) is 18.2 Å². The molecule has 0 radical (unpaired) electrons. The monoisotopic (exact) mass is 403 g/mol. The molecular weight excluding hydrogens is 382 g/mol. The Morgan fingerprint density at radius 2 is 1.97 bits per heavy atom. The summed E-state index contributed by atoms with van der Waals surface area (Å²) < 4.78 is 5.59. The average molecular weight is 404 g/mol. The molecule has 146 valence electrons. The van der Waals surface area contributed by atoms with Gasteiger partial charge >= 0.3 is 0 Å². The molecule has 0 bridgehead atoms. The Bertz CT molecular complexity index is 1030. The van der Waals surface area contributed by atoms with E-state index >= 15 is 0 Å². The molecule has 1 aliphatic heterocycles. The Hall–Kier alpha value is -3.01. The third-order valence-electron chi connectivity index (χ3n) is 5.32. The van der Waals surface area contributed by atoms with Gasteiger partial charge in [-0.2, -0.15) is 5.26 Å². The summed E-state index contributed by atoms with van der Waals surface area (Å²) in [7, 11) is 0. The van der Waals surface area contributed by atoms with Gasteiger partial charge in [0.2, 0.25) is 0 Å². The summed E-state index contributed by atoms with van der Waals surface area (Å²) in [5, 5.41) is 15.2. The second-order valence-corrected chi connectivity index (χ2v) is 8.03. The number of rotatable bonds is 5. The van der Waals surface area contributed by atoms with Crippen molar-refractivity contribution in [1.82, 2.24) is 10.3 Å². The number of thiazole rings is 1. The minimum Gasteiger partial charge on any atom is -0.381 e. The fourth-order valence-corrected chi connectivity index (χ4v) is 4.66. The number of nitrogens with one attached hydrogen (secondary N) is 1. The SMILES string of the molecule is N#Cc1cccc(C(=O)NCC2(c3nc(-c4ccccc4)cs3)CCOCC2)c1. The third-order valence-corrected chi connectivity index (χ3v) is 6.41. The first kappa shape index (κ1) is 19.3. The topological polar surface area (TPSA) is 75.0 Å². The highest BCUT2D eigenvalue weighted by molar-refractivity contribution is 7.10. The number of hydrogen-bond donors (Lipinski definition) is 1. The molecular formula is C23H21N3O2S. The molecule has 2 heterocycles. The van der Waals surface area contributed by atoms with Gasteiger partial charge in [-0.3, -0.25) is 4.79 Å². The Labute approximate surface area is 174 Å². The zero-order valence-electron chi connectivity index (χ0n) is 15.9. The maximum atomic E-state index is 12.7. The average Bonchev–Trinajstić information content (AvgIpc) is 3.30. The summed E-state index contributed by atoms with van der Waals surface area (Å²) >= 11 is 1.64. The van der Waals surface area contributed by atoms with Crippen molar-refractivity contribution in [2.75, 3.05) is 19.8 Å². The number of ether oxygens (including phenoxy) is 1. The van der Waals surface area contributed by atoms with Crippen LogP contribution in [0.5, 0.6) is 0 Å². The van der Waals surface area contributed by atoms with Gasteiger partial charge in [0.1, 0.15) is 5.01 Å². The molecule has 1 aliphatic rings. The van der Waals surface area contributed by atoms with E-state index in [2.05, 4.69) is 28.9 Å². The molecule has 4 rings (SSSR count). The van der Waals surface area contributed by atoms with Crippen LogP contribution in [0.25, 0.3) is 11.3 Å². The van der Waals surface area contributed by atoms with Gasteiger partial charge in [0.15, 0.2) is 0 Å². The lowest BCUT2D eigenvalue weighted by Crippen LogP contribution is -2.44. The van der Waals surface area contributed by atoms with Crippen LogP contribution in [-0.4, -0.2) is 30.6 Å². The van der Waals surface area contributed by atoms with Crippen molar-refractivity contribution in [3.8, 4) is 17.3 Å². The first-order chi connectivity index (χ1) is 14.2. The minimum atomic E-state index is -0.238. The zero-order valence-corrected chi connectivity index (χ0v) is 16.7. The number of nitriles is 1. The maximum Gasteiger partial charge on any atom is 0.251 e. The highest BCUT2D eigenvalue weighted by atomic mass is 32.1. The van der Waals surface area contributed by atoms with Crippen molar-refractivity contribution in [2.45, 2.75) is 18.3 Å². The highest BCUT2D eigenvalue weighted by Gasteiger charge is 2.37. The molecule has 1 amide bonds. The lowest BCUT2D eigenvalue weighted by Gasteiger charge is -2.35. The van der Waals surface area contributed by atoms with Crippen molar-refractivity contribution in [1.29, 1.82) is 5.26 Å². The van der Waals surface area contributed by atoms with E-state index in [0.29, 0.717) is 30.9 Å². The number of amides is 1. The van der Waals surface area contributed by atoms with Crippen molar-refractivity contribution < 1.29 is 9.53 Å². The largest absolute Gasteiger partial charge is 0.381 e. The van der Waals surface area contributed by atoms with E-state index in [4.69, 9.17) is 15.0 Å². The maximum absolute atomic E-state index is 12.7. The standard InChI is InChI=1S/C23H21N3O2S/c24-14-17-5-4-8-19(13-17)21(27)25-16-23(9-11-28-12-10-23)22-26-20(15-29-22)18-6-2-1-3-7-18/h1-8,13,15H,9-12,16H2,(H,25,27). The molecule has 0 aliphatic carbocycles. The quantitative estimate of drug-likeness (QED) is 0.694. The van der Waals surface area contributed by atoms with Crippen LogP contribution in [0, 0.1) is 11.3 Å². The molecule has 3 aromatic rings. The van der Waals surface area contributed by atoms with Gasteiger partial charge in [-0.05, 0) is 31.0 Å². The van der Waals surface area contributed by atoms with E-state index in [1.54, 1.807) is 35.6 Å². The second kappa shape index (κ2) is 8.56. The number of benzene rings is 2. The first-order valence-electron chi connectivity index (χ1n) is 9.58. The van der Waals surface area contributed by atoms with Gasteiger partial charge in [-0.25, -0.2) is 4.98 Å². The number of nitrogens with zero attached hydrogens (tertiary/aromatic N) is 2. The molecule has 1 saturated heterocycles. The molecule has 29 heavy (non-hydrogen) atoms. The van der Waals surface area contributed by atoms with Gasteiger partial charge < -0.3 is 10.1 Å². The minimum absolute atomic E-state index is 0.173. The third kappa shape index (κ3) is 4.21. The van der Waals surface area contributed by atoms with E-state index in [0.717, 1.165) is 29.1 Å². The summed E-state index contributed by atoms with van der Waals surface area (Å²) in [6.45, 7) is 1.80. The van der Waals surface area contributed by atoms with Crippen LogP contribution >= 0.6 is 11.3 Å². The van der Waals surface area contributed by atoms with Crippen LogP contribution in [0.4, 0.5) is 0 Å². The van der Waals surface area contributed by atoms with E-state index < -0.39 is 0 Å². The Morgan fingerprint density at radius 3 is 2.72 bits per heavy atom. The molecule has 1 N–H and O–H groups in total. The Kier molecular flexibility index (Phi) is 5.70. The van der Waals surface area contributed by atoms with Gasteiger partial charge in [0.05, 0.1) is 17.3 Å². The fourth-order valence-electron chi connectivity index (χ4n) is 3.57. The lowest BCUT2D eigenvalue weighted by molar-refractivity contribution is 0.0486. The molecule has 1 aromatic heterocycles. The summed E-state index contributed by atoms with van der Waals surface area (Å²) in [6, 6.07) is 19.0. The van der Waals surface area contributed by atoms with Crippen LogP contribution in [0.15, 0.2) is 60.0 Å². The van der Waals surface area contributed by atoms with Crippen molar-refractivity contribution in [3.63, 3.8) is 0 Å². The molecule has 0 saturated carbocycles. The summed E-state index contributed by atoms with van der Waals surface area (Å²) in [5.74, 6) is -0.173. The number of carbonyl (C=O) groups excluding carboxylic acids is 1.